The van der Waals surface area contributed by atoms with Crippen LogP contribution in [0.2, 0.25) is 0 Å². The number of carbonyl (C=O) groups excluding carboxylic acids is 1. The lowest BCUT2D eigenvalue weighted by molar-refractivity contribution is -0.123. The van der Waals surface area contributed by atoms with Crippen LogP contribution in [0.5, 0.6) is 5.75 Å². The fourth-order valence-corrected chi connectivity index (χ4v) is 2.16. The second-order valence-corrected chi connectivity index (χ2v) is 5.16. The van der Waals surface area contributed by atoms with E-state index in [2.05, 4.69) is 15.7 Å². The van der Waals surface area contributed by atoms with Crippen LogP contribution in [0, 0.1) is 0 Å². The highest BCUT2D eigenvalue weighted by Gasteiger charge is 2.20. The van der Waals surface area contributed by atoms with Gasteiger partial charge in [-0.3, -0.25) is 9.48 Å². The van der Waals surface area contributed by atoms with E-state index in [1.165, 1.54) is 0 Å². The lowest BCUT2D eigenvalue weighted by Gasteiger charge is -2.18. The number of nitrogens with one attached hydrogen (secondary N) is 2. The summed E-state index contributed by atoms with van der Waals surface area (Å²) in [7, 11) is 3.57. The van der Waals surface area contributed by atoms with E-state index >= 15 is 0 Å². The van der Waals surface area contributed by atoms with Crippen LogP contribution in [0.1, 0.15) is 18.5 Å². The van der Waals surface area contributed by atoms with Gasteiger partial charge in [0.1, 0.15) is 17.9 Å². The third kappa shape index (κ3) is 5.58. The third-order valence-electron chi connectivity index (χ3n) is 3.25. The molecule has 0 spiro atoms. The molecule has 7 heteroatoms. The molecule has 0 aliphatic rings. The Hall–Kier alpha value is -2.05. The zero-order chi connectivity index (χ0) is 15.9. The van der Waals surface area contributed by atoms with Crippen molar-refractivity contribution in [2.75, 3.05) is 13.6 Å². The minimum Gasteiger partial charge on any atom is -0.489 e. The molecule has 23 heavy (non-hydrogen) atoms. The number of rotatable bonds is 7. The van der Waals surface area contributed by atoms with Crippen molar-refractivity contribution in [3.63, 3.8) is 0 Å². The van der Waals surface area contributed by atoms with E-state index in [0.717, 1.165) is 11.3 Å². The normalized spacial score (nSPS) is 12.8. The molecule has 2 unspecified atom stereocenters. The van der Waals surface area contributed by atoms with Gasteiger partial charge in [0, 0.05) is 18.8 Å². The number of nitrogens with zero attached hydrogens (tertiary/aromatic N) is 2. The number of aryl methyl sites for hydroxylation is 1. The molecule has 2 N–H and O–H groups in total. The lowest BCUT2D eigenvalue weighted by Crippen LogP contribution is -2.40. The predicted molar refractivity (Wildman–Crippen MR) is 91.8 cm³/mol. The maximum Gasteiger partial charge on any atom is 0.241 e. The van der Waals surface area contributed by atoms with Gasteiger partial charge in [0.05, 0.1) is 12.7 Å². The molecular weight excluding hydrogens is 316 g/mol. The van der Waals surface area contributed by atoms with E-state index in [-0.39, 0.29) is 24.4 Å². The molecule has 1 aromatic carbocycles. The van der Waals surface area contributed by atoms with Gasteiger partial charge in [-0.1, -0.05) is 18.2 Å². The summed E-state index contributed by atoms with van der Waals surface area (Å²) >= 11 is 0. The van der Waals surface area contributed by atoms with Crippen LogP contribution >= 0.6 is 12.4 Å². The van der Waals surface area contributed by atoms with Crippen LogP contribution in [-0.2, 0) is 11.8 Å². The van der Waals surface area contributed by atoms with E-state index in [1.54, 1.807) is 17.9 Å². The van der Waals surface area contributed by atoms with Gasteiger partial charge in [-0.05, 0) is 26.1 Å². The molecule has 0 saturated carbocycles. The zero-order valence-electron chi connectivity index (χ0n) is 13.5. The van der Waals surface area contributed by atoms with Gasteiger partial charge >= 0.3 is 0 Å². The van der Waals surface area contributed by atoms with Crippen LogP contribution < -0.4 is 15.4 Å². The van der Waals surface area contributed by atoms with Gasteiger partial charge in [0.25, 0.3) is 0 Å². The summed E-state index contributed by atoms with van der Waals surface area (Å²) in [6.45, 7) is 2.36. The quantitative estimate of drug-likeness (QED) is 0.806. The topological polar surface area (TPSA) is 68.2 Å². The minimum atomic E-state index is -0.419. The Morgan fingerprint density at radius 1 is 1.35 bits per heavy atom. The molecule has 0 aliphatic heterocycles. The molecule has 1 amide bonds. The average Bonchev–Trinajstić information content (AvgIpc) is 2.93. The fourth-order valence-electron chi connectivity index (χ4n) is 2.16. The highest BCUT2D eigenvalue weighted by molar-refractivity contribution is 5.85. The van der Waals surface area contributed by atoms with Crippen molar-refractivity contribution in [1.29, 1.82) is 0 Å². The van der Waals surface area contributed by atoms with Crippen LogP contribution in [0.15, 0.2) is 42.7 Å². The Morgan fingerprint density at radius 2 is 2.04 bits per heavy atom. The number of para-hydroxylation sites is 1. The van der Waals surface area contributed by atoms with Crippen molar-refractivity contribution < 1.29 is 9.53 Å². The number of halogens is 1. The summed E-state index contributed by atoms with van der Waals surface area (Å²) in [5.41, 5.74) is 0.833. The second kappa shape index (κ2) is 9.17. The Kier molecular flexibility index (Phi) is 7.57. The average molecular weight is 339 g/mol. The van der Waals surface area contributed by atoms with Gasteiger partial charge in [-0.25, -0.2) is 0 Å². The van der Waals surface area contributed by atoms with Crippen LogP contribution in [-0.4, -0.2) is 35.4 Å². The first kappa shape index (κ1) is 19.0. The predicted octanol–water partition coefficient (Wildman–Crippen LogP) is 1.69. The first-order valence-electron chi connectivity index (χ1n) is 7.25. The number of likely N-dealkylation sites (N-methyl/N-ethyl adjacent to an activating group) is 1. The van der Waals surface area contributed by atoms with Crippen LogP contribution in [0.3, 0.4) is 0 Å². The van der Waals surface area contributed by atoms with Gasteiger partial charge in [-0.15, -0.1) is 12.4 Å². The maximum atomic E-state index is 12.3. The summed E-state index contributed by atoms with van der Waals surface area (Å²) in [5, 5.41) is 9.99. The monoisotopic (exact) mass is 338 g/mol. The van der Waals surface area contributed by atoms with E-state index in [1.807, 2.05) is 50.5 Å². The van der Waals surface area contributed by atoms with Crippen molar-refractivity contribution in [3.05, 3.63) is 48.3 Å². The molecule has 2 rings (SSSR count). The molecule has 0 radical (unpaired) electrons. The Morgan fingerprint density at radius 3 is 2.61 bits per heavy atom. The van der Waals surface area contributed by atoms with E-state index in [0.29, 0.717) is 6.54 Å². The van der Waals surface area contributed by atoms with Gasteiger partial charge < -0.3 is 15.4 Å². The van der Waals surface area contributed by atoms with Gasteiger partial charge in [-0.2, -0.15) is 5.10 Å². The number of hydrogen-bond acceptors (Lipinski definition) is 4. The van der Waals surface area contributed by atoms with E-state index in [9.17, 15) is 4.79 Å². The number of benzene rings is 1. The number of hydrogen-bond donors (Lipinski definition) is 2. The molecule has 0 saturated heterocycles. The van der Waals surface area contributed by atoms with Gasteiger partial charge in [0.2, 0.25) is 5.91 Å². The second-order valence-electron chi connectivity index (χ2n) is 5.16. The Bertz CT molecular complexity index is 603. The third-order valence-corrected chi connectivity index (χ3v) is 3.25. The van der Waals surface area contributed by atoms with Crippen molar-refractivity contribution in [3.8, 4) is 5.75 Å². The summed E-state index contributed by atoms with van der Waals surface area (Å²) in [4.78, 5) is 12.3. The lowest BCUT2D eigenvalue weighted by atomic mass is 10.1. The zero-order valence-corrected chi connectivity index (χ0v) is 14.3. The number of carbonyl (C=O) groups is 1. The maximum absolute atomic E-state index is 12.3. The minimum absolute atomic E-state index is 0. The van der Waals surface area contributed by atoms with Gasteiger partial charge in [0.15, 0.2) is 0 Å². The highest BCUT2D eigenvalue weighted by Crippen LogP contribution is 2.12. The number of amides is 1. The standard InChI is InChI=1S/C16H22N4O2.ClH/c1-12(22-14-7-5-4-6-8-14)9-18-16(21)15(17-2)13-10-19-20(3)11-13;/h4-8,10-12,15,17H,9H2,1-3H3,(H,18,21);1H. The first-order valence-corrected chi connectivity index (χ1v) is 7.25. The molecular formula is C16H23ClN4O2. The highest BCUT2D eigenvalue weighted by atomic mass is 35.5. The molecule has 2 aromatic rings. The first-order chi connectivity index (χ1) is 10.6. The smallest absolute Gasteiger partial charge is 0.241 e. The molecule has 0 bridgehead atoms. The molecule has 1 aromatic heterocycles. The van der Waals surface area contributed by atoms with Crippen molar-refractivity contribution >= 4 is 18.3 Å². The molecule has 126 valence electrons. The molecule has 0 fully saturated rings. The Labute approximate surface area is 142 Å². The molecule has 2 atom stereocenters. The van der Waals surface area contributed by atoms with Crippen molar-refractivity contribution in [2.24, 2.45) is 7.05 Å². The largest absolute Gasteiger partial charge is 0.489 e. The van der Waals surface area contributed by atoms with E-state index in [4.69, 9.17) is 4.74 Å². The summed E-state index contributed by atoms with van der Waals surface area (Å²) < 4.78 is 7.41. The fraction of sp³-hybridized carbons (Fsp3) is 0.375. The molecule has 1 heterocycles. The molecule has 6 nitrogen and oxygen atoms in total. The summed E-state index contributed by atoms with van der Waals surface area (Å²) in [6, 6.07) is 9.14. The number of ether oxygens (including phenoxy) is 1. The number of aromatic nitrogens is 2. The summed E-state index contributed by atoms with van der Waals surface area (Å²) in [5.74, 6) is 0.695. The van der Waals surface area contributed by atoms with Crippen LogP contribution in [0.25, 0.3) is 0 Å². The molecule has 0 aliphatic carbocycles. The van der Waals surface area contributed by atoms with Crippen molar-refractivity contribution in [1.82, 2.24) is 20.4 Å². The van der Waals surface area contributed by atoms with E-state index < -0.39 is 6.04 Å². The SMILES string of the molecule is CNC(C(=O)NCC(C)Oc1ccccc1)c1cnn(C)c1.Cl. The Balaban J connectivity index is 0.00000264. The van der Waals surface area contributed by atoms with Crippen molar-refractivity contribution in [2.45, 2.75) is 19.1 Å². The summed E-state index contributed by atoms with van der Waals surface area (Å²) in [6.07, 6.45) is 3.40. The van der Waals surface area contributed by atoms with Crippen LogP contribution in [0.4, 0.5) is 0 Å².